The molecular formula is C12H11FN2O2. The van der Waals surface area contributed by atoms with Crippen molar-refractivity contribution in [1.29, 1.82) is 0 Å². The number of furan rings is 1. The third-order valence-electron chi connectivity index (χ3n) is 2.35. The average Bonchev–Trinajstić information content (AvgIpc) is 2.81. The Morgan fingerprint density at radius 1 is 1.53 bits per heavy atom. The molecule has 0 atom stereocenters. The van der Waals surface area contributed by atoms with E-state index in [0.29, 0.717) is 6.54 Å². The first-order valence-electron chi connectivity index (χ1n) is 5.04. The number of nitrogens with zero attached hydrogens (tertiary/aromatic N) is 2. The average molecular weight is 234 g/mol. The van der Waals surface area contributed by atoms with Crippen LogP contribution in [0, 0.1) is 5.82 Å². The van der Waals surface area contributed by atoms with Gasteiger partial charge in [-0.1, -0.05) is 0 Å². The molecule has 4 nitrogen and oxygen atoms in total. The van der Waals surface area contributed by atoms with Crippen LogP contribution in [0.25, 0.3) is 0 Å². The predicted molar refractivity (Wildman–Crippen MR) is 58.7 cm³/mol. The molecule has 0 radical (unpaired) electrons. The summed E-state index contributed by atoms with van der Waals surface area (Å²) in [6, 6.07) is 3.12. The molecule has 0 aliphatic carbocycles. The maximum absolute atomic E-state index is 13.4. The summed E-state index contributed by atoms with van der Waals surface area (Å²) in [4.78, 5) is 16.9. The molecule has 0 saturated heterocycles. The lowest BCUT2D eigenvalue weighted by Crippen LogP contribution is -2.26. The van der Waals surface area contributed by atoms with Crippen molar-refractivity contribution in [2.45, 2.75) is 6.54 Å². The Bertz CT molecular complexity index is 511. The third-order valence-corrected chi connectivity index (χ3v) is 2.35. The van der Waals surface area contributed by atoms with Gasteiger partial charge in [0.1, 0.15) is 0 Å². The topological polar surface area (TPSA) is 46.3 Å². The number of pyridine rings is 1. The van der Waals surface area contributed by atoms with E-state index < -0.39 is 5.82 Å². The molecule has 0 spiro atoms. The first kappa shape index (κ1) is 11.3. The second-order valence-corrected chi connectivity index (χ2v) is 3.65. The van der Waals surface area contributed by atoms with Crippen molar-refractivity contribution in [2.75, 3.05) is 7.05 Å². The highest BCUT2D eigenvalue weighted by atomic mass is 19.1. The summed E-state index contributed by atoms with van der Waals surface area (Å²) in [6.07, 6.45) is 5.49. The number of rotatable bonds is 3. The van der Waals surface area contributed by atoms with Crippen LogP contribution in [0.15, 0.2) is 41.5 Å². The van der Waals surface area contributed by atoms with Crippen LogP contribution in [0.4, 0.5) is 4.39 Å². The van der Waals surface area contributed by atoms with Crippen LogP contribution < -0.4 is 0 Å². The molecule has 0 saturated carbocycles. The lowest BCUT2D eigenvalue weighted by atomic mass is 10.2. The summed E-state index contributed by atoms with van der Waals surface area (Å²) >= 11 is 0. The normalized spacial score (nSPS) is 10.2. The molecule has 88 valence electrons. The molecule has 5 heteroatoms. The minimum Gasteiger partial charge on any atom is -0.472 e. The van der Waals surface area contributed by atoms with Gasteiger partial charge in [-0.05, 0) is 12.1 Å². The molecule has 17 heavy (non-hydrogen) atoms. The SMILES string of the molecule is CN(Cc1ccoc1)C(=O)c1ccncc1F. The Balaban J connectivity index is 2.13. The van der Waals surface area contributed by atoms with Crippen LogP contribution in [0.1, 0.15) is 15.9 Å². The minimum atomic E-state index is -0.614. The zero-order valence-corrected chi connectivity index (χ0v) is 9.26. The van der Waals surface area contributed by atoms with E-state index in [1.54, 1.807) is 19.4 Å². The quantitative estimate of drug-likeness (QED) is 0.816. The van der Waals surface area contributed by atoms with Gasteiger partial charge in [-0.3, -0.25) is 9.78 Å². The Kier molecular flexibility index (Phi) is 3.18. The van der Waals surface area contributed by atoms with Gasteiger partial charge in [0, 0.05) is 25.4 Å². The van der Waals surface area contributed by atoms with Crippen LogP contribution >= 0.6 is 0 Å². The van der Waals surface area contributed by atoms with Gasteiger partial charge in [0.2, 0.25) is 0 Å². The molecule has 2 aromatic heterocycles. The molecule has 0 unspecified atom stereocenters. The standard InChI is InChI=1S/C12H11FN2O2/c1-15(7-9-3-5-17-8-9)12(16)10-2-4-14-6-11(10)13/h2-6,8H,7H2,1H3. The van der Waals surface area contributed by atoms with Crippen molar-refractivity contribution in [3.8, 4) is 0 Å². The van der Waals surface area contributed by atoms with E-state index in [-0.39, 0.29) is 11.5 Å². The van der Waals surface area contributed by atoms with Crippen LogP contribution in [0.2, 0.25) is 0 Å². The number of hydrogen-bond acceptors (Lipinski definition) is 3. The highest BCUT2D eigenvalue weighted by Crippen LogP contribution is 2.10. The summed E-state index contributed by atoms with van der Waals surface area (Å²) in [6.45, 7) is 0.372. The number of aromatic nitrogens is 1. The van der Waals surface area contributed by atoms with Gasteiger partial charge >= 0.3 is 0 Å². The molecule has 0 aliphatic rings. The number of carbonyl (C=O) groups is 1. The van der Waals surface area contributed by atoms with Crippen LogP contribution in [0.3, 0.4) is 0 Å². The van der Waals surface area contributed by atoms with Crippen molar-refractivity contribution >= 4 is 5.91 Å². The lowest BCUT2D eigenvalue weighted by Gasteiger charge is -2.16. The molecular weight excluding hydrogens is 223 g/mol. The van der Waals surface area contributed by atoms with E-state index in [1.807, 2.05) is 0 Å². The molecule has 0 aliphatic heterocycles. The fourth-order valence-corrected chi connectivity index (χ4v) is 1.48. The Hall–Kier alpha value is -2.17. The predicted octanol–water partition coefficient (Wildman–Crippen LogP) is 2.09. The second-order valence-electron chi connectivity index (χ2n) is 3.65. The smallest absolute Gasteiger partial charge is 0.256 e. The van der Waals surface area contributed by atoms with Crippen LogP contribution in [-0.4, -0.2) is 22.8 Å². The van der Waals surface area contributed by atoms with E-state index in [1.165, 1.54) is 23.4 Å². The van der Waals surface area contributed by atoms with Gasteiger partial charge in [0.25, 0.3) is 5.91 Å². The summed E-state index contributed by atoms with van der Waals surface area (Å²) < 4.78 is 18.3. The lowest BCUT2D eigenvalue weighted by molar-refractivity contribution is 0.0780. The molecule has 0 bridgehead atoms. The van der Waals surface area contributed by atoms with Crippen LogP contribution in [0.5, 0.6) is 0 Å². The molecule has 1 amide bonds. The van der Waals surface area contributed by atoms with Gasteiger partial charge in [0.15, 0.2) is 5.82 Å². The van der Waals surface area contributed by atoms with Crippen molar-refractivity contribution in [3.63, 3.8) is 0 Å². The fraction of sp³-hybridized carbons (Fsp3) is 0.167. The maximum Gasteiger partial charge on any atom is 0.256 e. The van der Waals surface area contributed by atoms with Gasteiger partial charge in [0.05, 0.1) is 24.3 Å². The minimum absolute atomic E-state index is 0.0194. The van der Waals surface area contributed by atoms with E-state index in [4.69, 9.17) is 4.42 Å². The first-order chi connectivity index (χ1) is 8.18. The number of hydrogen-bond donors (Lipinski definition) is 0. The van der Waals surface area contributed by atoms with Gasteiger partial charge in [-0.2, -0.15) is 0 Å². The molecule has 2 rings (SSSR count). The highest BCUT2D eigenvalue weighted by Gasteiger charge is 2.16. The fourth-order valence-electron chi connectivity index (χ4n) is 1.48. The second kappa shape index (κ2) is 4.78. The Morgan fingerprint density at radius 2 is 2.35 bits per heavy atom. The Labute approximate surface area is 97.7 Å². The molecule has 0 fully saturated rings. The van der Waals surface area contributed by atoms with Crippen molar-refractivity contribution in [2.24, 2.45) is 0 Å². The zero-order chi connectivity index (χ0) is 12.3. The summed E-state index contributed by atoms with van der Waals surface area (Å²) in [5, 5.41) is 0. The van der Waals surface area contributed by atoms with E-state index >= 15 is 0 Å². The van der Waals surface area contributed by atoms with Gasteiger partial charge in [-0.25, -0.2) is 4.39 Å². The summed E-state index contributed by atoms with van der Waals surface area (Å²) in [5.74, 6) is -0.998. The van der Waals surface area contributed by atoms with Crippen molar-refractivity contribution < 1.29 is 13.6 Å². The number of halogens is 1. The monoisotopic (exact) mass is 234 g/mol. The molecule has 0 aromatic carbocycles. The van der Waals surface area contributed by atoms with Crippen LogP contribution in [-0.2, 0) is 6.54 Å². The first-order valence-corrected chi connectivity index (χ1v) is 5.04. The molecule has 2 aromatic rings. The molecule has 0 N–H and O–H groups in total. The van der Waals surface area contributed by atoms with E-state index in [0.717, 1.165) is 11.8 Å². The third kappa shape index (κ3) is 2.50. The number of carbonyl (C=O) groups excluding carboxylic acids is 1. The van der Waals surface area contributed by atoms with Crippen molar-refractivity contribution in [3.05, 3.63) is 54.0 Å². The van der Waals surface area contributed by atoms with Crippen molar-refractivity contribution in [1.82, 2.24) is 9.88 Å². The number of amides is 1. The van der Waals surface area contributed by atoms with E-state index in [2.05, 4.69) is 4.98 Å². The summed E-state index contributed by atoms with van der Waals surface area (Å²) in [7, 11) is 1.61. The zero-order valence-electron chi connectivity index (χ0n) is 9.26. The van der Waals surface area contributed by atoms with E-state index in [9.17, 15) is 9.18 Å². The summed E-state index contributed by atoms with van der Waals surface area (Å²) in [5.41, 5.74) is 0.876. The maximum atomic E-state index is 13.4. The van der Waals surface area contributed by atoms with Gasteiger partial charge in [-0.15, -0.1) is 0 Å². The Morgan fingerprint density at radius 3 is 3.00 bits per heavy atom. The van der Waals surface area contributed by atoms with Gasteiger partial charge < -0.3 is 9.32 Å². The highest BCUT2D eigenvalue weighted by molar-refractivity contribution is 5.94. The molecule has 2 heterocycles. The largest absolute Gasteiger partial charge is 0.472 e.